The summed E-state index contributed by atoms with van der Waals surface area (Å²) in [6.45, 7) is 2.72. The lowest BCUT2D eigenvalue weighted by Crippen LogP contribution is -2.45. The fourth-order valence-electron chi connectivity index (χ4n) is 2.97. The van der Waals surface area contributed by atoms with Crippen molar-refractivity contribution in [3.8, 4) is 0 Å². The Morgan fingerprint density at radius 1 is 1.36 bits per heavy atom. The van der Waals surface area contributed by atoms with Crippen LogP contribution in [0.1, 0.15) is 12.0 Å². The third-order valence-corrected chi connectivity index (χ3v) is 3.90. The van der Waals surface area contributed by atoms with E-state index in [1.165, 1.54) is 0 Å². The van der Waals surface area contributed by atoms with Gasteiger partial charge in [-0.3, -0.25) is 14.7 Å². The van der Waals surface area contributed by atoms with Gasteiger partial charge in [0.2, 0.25) is 5.91 Å². The maximum atomic E-state index is 12.4. The molecule has 1 aliphatic rings. The zero-order chi connectivity index (χ0) is 16.2. The average Bonchev–Trinajstić information content (AvgIpc) is 2.81. The van der Waals surface area contributed by atoms with Gasteiger partial charge in [0.25, 0.3) is 0 Å². The molecule has 6 nitrogen and oxygen atoms in total. The van der Waals surface area contributed by atoms with Crippen molar-refractivity contribution < 1.29 is 9.90 Å². The van der Waals surface area contributed by atoms with Gasteiger partial charge in [0.1, 0.15) is 0 Å². The first-order valence-electron chi connectivity index (χ1n) is 7.60. The van der Waals surface area contributed by atoms with Crippen molar-refractivity contribution in [2.75, 3.05) is 47.3 Å². The molecule has 0 aliphatic carbocycles. The molecule has 1 saturated heterocycles. The number of rotatable bonds is 6. The Labute approximate surface area is 132 Å². The standard InChI is InChI=1S/C16H26N4O2/c1-18(2)12-16(22)6-9-20(13-16)15(21)11-19(3)10-14-4-7-17-8-5-14/h4-5,7-8,22H,6,9-13H2,1-3H3/t16-/m1/s1. The molecule has 0 bridgehead atoms. The molecule has 2 rings (SSSR count). The second-order valence-corrected chi connectivity index (χ2v) is 6.56. The topological polar surface area (TPSA) is 59.9 Å². The van der Waals surface area contributed by atoms with Gasteiger partial charge in [0.05, 0.1) is 18.7 Å². The minimum atomic E-state index is -0.775. The number of hydrogen-bond donors (Lipinski definition) is 1. The van der Waals surface area contributed by atoms with Gasteiger partial charge >= 0.3 is 0 Å². The summed E-state index contributed by atoms with van der Waals surface area (Å²) in [5.41, 5.74) is 0.360. The van der Waals surface area contributed by atoms with Crippen LogP contribution in [0.4, 0.5) is 0 Å². The molecule has 1 atom stereocenters. The fourth-order valence-corrected chi connectivity index (χ4v) is 2.97. The fraction of sp³-hybridized carbons (Fsp3) is 0.625. The van der Waals surface area contributed by atoms with Crippen molar-refractivity contribution in [3.05, 3.63) is 30.1 Å². The summed E-state index contributed by atoms with van der Waals surface area (Å²) in [4.78, 5) is 22.1. The Balaban J connectivity index is 1.83. The highest BCUT2D eigenvalue weighted by Crippen LogP contribution is 2.22. The number of amides is 1. The van der Waals surface area contributed by atoms with E-state index in [1.54, 1.807) is 17.3 Å². The lowest BCUT2D eigenvalue weighted by atomic mass is 10.0. The second-order valence-electron chi connectivity index (χ2n) is 6.56. The molecule has 0 unspecified atom stereocenters. The number of nitrogens with zero attached hydrogens (tertiary/aromatic N) is 4. The van der Waals surface area contributed by atoms with Crippen LogP contribution in [-0.2, 0) is 11.3 Å². The number of carbonyl (C=O) groups excluding carboxylic acids is 1. The van der Waals surface area contributed by atoms with E-state index in [0.29, 0.717) is 39.1 Å². The quantitative estimate of drug-likeness (QED) is 0.804. The Bertz CT molecular complexity index is 494. The molecule has 1 aliphatic heterocycles. The monoisotopic (exact) mass is 306 g/mol. The van der Waals surface area contributed by atoms with Gasteiger partial charge in [-0.05, 0) is 45.3 Å². The van der Waals surface area contributed by atoms with Crippen molar-refractivity contribution in [2.45, 2.75) is 18.6 Å². The first-order chi connectivity index (χ1) is 10.4. The summed E-state index contributed by atoms with van der Waals surface area (Å²) < 4.78 is 0. The number of hydrogen-bond acceptors (Lipinski definition) is 5. The largest absolute Gasteiger partial charge is 0.387 e. The first kappa shape index (κ1) is 16.9. The molecule has 22 heavy (non-hydrogen) atoms. The van der Waals surface area contributed by atoms with Crippen LogP contribution in [0.25, 0.3) is 0 Å². The average molecular weight is 306 g/mol. The van der Waals surface area contributed by atoms with Gasteiger partial charge in [0, 0.05) is 32.0 Å². The van der Waals surface area contributed by atoms with Gasteiger partial charge in [-0.15, -0.1) is 0 Å². The highest BCUT2D eigenvalue weighted by atomic mass is 16.3. The molecule has 1 fully saturated rings. The Morgan fingerprint density at radius 2 is 2.05 bits per heavy atom. The summed E-state index contributed by atoms with van der Waals surface area (Å²) in [7, 11) is 5.80. The van der Waals surface area contributed by atoms with E-state index in [9.17, 15) is 9.90 Å². The van der Waals surface area contributed by atoms with Crippen LogP contribution in [0.3, 0.4) is 0 Å². The maximum Gasteiger partial charge on any atom is 0.236 e. The van der Waals surface area contributed by atoms with E-state index < -0.39 is 5.60 Å². The lowest BCUT2D eigenvalue weighted by molar-refractivity contribution is -0.132. The van der Waals surface area contributed by atoms with Crippen LogP contribution in [0, 0.1) is 0 Å². The predicted molar refractivity (Wildman–Crippen MR) is 85.3 cm³/mol. The summed E-state index contributed by atoms with van der Waals surface area (Å²) >= 11 is 0. The maximum absolute atomic E-state index is 12.4. The Hall–Kier alpha value is -1.50. The van der Waals surface area contributed by atoms with Crippen molar-refractivity contribution in [2.24, 2.45) is 0 Å². The normalized spacial score (nSPS) is 21.8. The van der Waals surface area contributed by atoms with Crippen LogP contribution in [-0.4, -0.2) is 83.6 Å². The molecular weight excluding hydrogens is 280 g/mol. The van der Waals surface area contributed by atoms with Crippen molar-refractivity contribution in [1.82, 2.24) is 19.7 Å². The minimum absolute atomic E-state index is 0.0752. The van der Waals surface area contributed by atoms with E-state index in [-0.39, 0.29) is 5.91 Å². The van der Waals surface area contributed by atoms with Crippen molar-refractivity contribution >= 4 is 5.91 Å². The van der Waals surface area contributed by atoms with E-state index in [2.05, 4.69) is 4.98 Å². The number of β-amino-alcohol motifs (C(OH)–C–C–N with tert-alkyl or cyclic N) is 1. The van der Waals surface area contributed by atoms with E-state index in [0.717, 1.165) is 5.56 Å². The van der Waals surface area contributed by atoms with Crippen LogP contribution in [0.15, 0.2) is 24.5 Å². The van der Waals surface area contributed by atoms with Crippen molar-refractivity contribution in [3.63, 3.8) is 0 Å². The molecular formula is C16H26N4O2. The Morgan fingerprint density at radius 3 is 2.68 bits per heavy atom. The van der Waals surface area contributed by atoms with Crippen LogP contribution in [0.2, 0.25) is 0 Å². The van der Waals surface area contributed by atoms with Crippen LogP contribution >= 0.6 is 0 Å². The number of carbonyl (C=O) groups is 1. The van der Waals surface area contributed by atoms with Gasteiger partial charge in [-0.25, -0.2) is 0 Å². The van der Waals surface area contributed by atoms with Crippen LogP contribution in [0.5, 0.6) is 0 Å². The SMILES string of the molecule is CN(C)C[C@]1(O)CCN(C(=O)CN(C)Cc2ccncc2)C1. The van der Waals surface area contributed by atoms with Crippen molar-refractivity contribution in [1.29, 1.82) is 0 Å². The summed E-state index contributed by atoms with van der Waals surface area (Å²) in [5.74, 6) is 0.0752. The van der Waals surface area contributed by atoms with Gasteiger partial charge in [-0.2, -0.15) is 0 Å². The third-order valence-electron chi connectivity index (χ3n) is 3.90. The molecule has 1 aromatic heterocycles. The number of likely N-dealkylation sites (N-methyl/N-ethyl adjacent to an activating group) is 2. The molecule has 0 radical (unpaired) electrons. The summed E-state index contributed by atoms with van der Waals surface area (Å²) in [6, 6.07) is 3.90. The molecule has 0 spiro atoms. The molecule has 0 saturated carbocycles. The van der Waals surface area contributed by atoms with E-state index in [4.69, 9.17) is 0 Å². The highest BCUT2D eigenvalue weighted by Gasteiger charge is 2.38. The number of aromatic nitrogens is 1. The molecule has 2 heterocycles. The van der Waals surface area contributed by atoms with Gasteiger partial charge in [-0.1, -0.05) is 0 Å². The summed E-state index contributed by atoms with van der Waals surface area (Å²) in [6.07, 6.45) is 4.16. The molecule has 6 heteroatoms. The van der Waals surface area contributed by atoms with E-state index >= 15 is 0 Å². The van der Waals surface area contributed by atoms with Gasteiger partial charge < -0.3 is 14.9 Å². The van der Waals surface area contributed by atoms with Crippen LogP contribution < -0.4 is 0 Å². The number of pyridine rings is 1. The van der Waals surface area contributed by atoms with E-state index in [1.807, 2.05) is 43.1 Å². The predicted octanol–water partition coefficient (Wildman–Crippen LogP) is 0.0384. The third kappa shape index (κ3) is 4.76. The molecule has 122 valence electrons. The minimum Gasteiger partial charge on any atom is -0.387 e. The van der Waals surface area contributed by atoms with Gasteiger partial charge in [0.15, 0.2) is 0 Å². The molecule has 1 N–H and O–H groups in total. The number of aliphatic hydroxyl groups is 1. The number of likely N-dealkylation sites (tertiary alicyclic amines) is 1. The smallest absolute Gasteiger partial charge is 0.236 e. The second kappa shape index (κ2) is 7.17. The summed E-state index contributed by atoms with van der Waals surface area (Å²) in [5, 5.41) is 10.5. The highest BCUT2D eigenvalue weighted by molar-refractivity contribution is 5.78. The molecule has 1 aromatic rings. The zero-order valence-electron chi connectivity index (χ0n) is 13.7. The zero-order valence-corrected chi connectivity index (χ0v) is 13.7. The first-order valence-corrected chi connectivity index (χ1v) is 7.60. The Kier molecular flexibility index (Phi) is 5.50. The lowest BCUT2D eigenvalue weighted by Gasteiger charge is -2.27. The molecule has 1 amide bonds. The molecule has 0 aromatic carbocycles.